The molecule has 0 aliphatic heterocycles. The third-order valence-electron chi connectivity index (χ3n) is 3.08. The number of benzene rings is 1. The van der Waals surface area contributed by atoms with E-state index in [0.717, 1.165) is 30.0 Å². The van der Waals surface area contributed by atoms with Gasteiger partial charge in [-0.25, -0.2) is 0 Å². The van der Waals surface area contributed by atoms with E-state index in [0.29, 0.717) is 23.8 Å². The van der Waals surface area contributed by atoms with E-state index in [1.165, 1.54) is 0 Å². The molecule has 0 saturated carbocycles. The monoisotopic (exact) mass is 286 g/mol. The van der Waals surface area contributed by atoms with Crippen molar-refractivity contribution in [2.24, 2.45) is 0 Å². The van der Waals surface area contributed by atoms with Gasteiger partial charge in [-0.3, -0.25) is 4.98 Å². The van der Waals surface area contributed by atoms with Gasteiger partial charge in [-0.05, 0) is 44.0 Å². The number of nitrogen functional groups attached to an aromatic ring is 1. The first-order chi connectivity index (χ1) is 10.1. The number of rotatable bonds is 6. The second kappa shape index (κ2) is 6.97. The average molecular weight is 286 g/mol. The van der Waals surface area contributed by atoms with Crippen LogP contribution in [0.1, 0.15) is 31.7 Å². The maximum absolute atomic E-state index is 5.93. The Kier molecular flexibility index (Phi) is 5.04. The fourth-order valence-electron chi connectivity index (χ4n) is 1.99. The molecular formula is C17H22N2O2. The fourth-order valence-corrected chi connectivity index (χ4v) is 1.99. The zero-order valence-corrected chi connectivity index (χ0v) is 12.8. The molecule has 1 aromatic carbocycles. The van der Waals surface area contributed by atoms with Crippen molar-refractivity contribution in [3.05, 3.63) is 41.7 Å². The summed E-state index contributed by atoms with van der Waals surface area (Å²) in [6, 6.07) is 9.36. The largest absolute Gasteiger partial charge is 0.491 e. The van der Waals surface area contributed by atoms with Crippen molar-refractivity contribution in [2.75, 3.05) is 12.3 Å². The number of hydrogen-bond donors (Lipinski definition) is 1. The van der Waals surface area contributed by atoms with Crippen LogP contribution < -0.4 is 15.2 Å². The van der Waals surface area contributed by atoms with Crippen molar-refractivity contribution in [3.8, 4) is 17.2 Å². The number of pyridine rings is 1. The number of anilines is 1. The molecule has 0 saturated heterocycles. The van der Waals surface area contributed by atoms with Gasteiger partial charge in [-0.1, -0.05) is 13.8 Å². The van der Waals surface area contributed by atoms with Crippen LogP contribution >= 0.6 is 0 Å². The molecule has 0 fully saturated rings. The normalized spacial score (nSPS) is 10.4. The fraction of sp³-hybridized carbons (Fsp3) is 0.353. The summed E-state index contributed by atoms with van der Waals surface area (Å²) >= 11 is 0. The van der Waals surface area contributed by atoms with E-state index in [9.17, 15) is 0 Å². The Hall–Kier alpha value is -2.23. The lowest BCUT2D eigenvalue weighted by molar-refractivity contribution is 0.317. The Morgan fingerprint density at radius 2 is 1.90 bits per heavy atom. The molecule has 4 heteroatoms. The summed E-state index contributed by atoms with van der Waals surface area (Å²) in [7, 11) is 0. The van der Waals surface area contributed by atoms with Crippen molar-refractivity contribution in [3.63, 3.8) is 0 Å². The lowest BCUT2D eigenvalue weighted by Gasteiger charge is -2.13. The van der Waals surface area contributed by atoms with Crippen molar-refractivity contribution >= 4 is 5.69 Å². The van der Waals surface area contributed by atoms with E-state index in [-0.39, 0.29) is 0 Å². The van der Waals surface area contributed by atoms with Crippen molar-refractivity contribution in [2.45, 2.75) is 33.6 Å². The van der Waals surface area contributed by atoms with Gasteiger partial charge in [0.25, 0.3) is 0 Å². The Balaban J connectivity index is 2.23. The highest BCUT2D eigenvalue weighted by molar-refractivity contribution is 5.56. The molecule has 2 aromatic rings. The molecule has 1 heterocycles. The summed E-state index contributed by atoms with van der Waals surface area (Å²) in [6.45, 7) is 6.73. The Morgan fingerprint density at radius 1 is 1.10 bits per heavy atom. The van der Waals surface area contributed by atoms with E-state index < -0.39 is 0 Å². The van der Waals surface area contributed by atoms with Crippen molar-refractivity contribution in [1.29, 1.82) is 0 Å². The predicted molar refractivity (Wildman–Crippen MR) is 85.1 cm³/mol. The Morgan fingerprint density at radius 3 is 2.62 bits per heavy atom. The number of ether oxygens (including phenoxy) is 2. The van der Waals surface area contributed by atoms with Gasteiger partial charge in [0.1, 0.15) is 17.2 Å². The topological polar surface area (TPSA) is 57.4 Å². The third kappa shape index (κ3) is 3.88. The lowest BCUT2D eigenvalue weighted by Crippen LogP contribution is -2.00. The first kappa shape index (κ1) is 15.2. The van der Waals surface area contributed by atoms with Crippen LogP contribution in [0, 0.1) is 6.92 Å². The number of nitrogens with zero attached hydrogens (tertiary/aromatic N) is 1. The van der Waals surface area contributed by atoms with Crippen LogP contribution in [0.5, 0.6) is 17.2 Å². The molecule has 0 amide bonds. The van der Waals surface area contributed by atoms with Gasteiger partial charge in [0.05, 0.1) is 18.0 Å². The van der Waals surface area contributed by atoms with Gasteiger partial charge < -0.3 is 15.2 Å². The number of aryl methyl sites for hydroxylation is 2. The smallest absolute Gasteiger partial charge is 0.148 e. The van der Waals surface area contributed by atoms with E-state index in [4.69, 9.17) is 15.2 Å². The minimum atomic E-state index is 0.619. The van der Waals surface area contributed by atoms with E-state index in [1.54, 1.807) is 6.07 Å². The predicted octanol–water partition coefficient (Wildman–Crippen LogP) is 4.12. The average Bonchev–Trinajstić information content (AvgIpc) is 2.49. The molecule has 4 nitrogen and oxygen atoms in total. The molecule has 0 aliphatic carbocycles. The van der Waals surface area contributed by atoms with Gasteiger partial charge in [0, 0.05) is 11.8 Å². The number of aromatic nitrogens is 1. The van der Waals surface area contributed by atoms with Crippen LogP contribution in [0.4, 0.5) is 5.69 Å². The number of hydrogen-bond acceptors (Lipinski definition) is 4. The summed E-state index contributed by atoms with van der Waals surface area (Å²) in [6.07, 6.45) is 1.76. The van der Waals surface area contributed by atoms with E-state index in [1.807, 2.05) is 31.2 Å². The van der Waals surface area contributed by atoms with Crippen molar-refractivity contribution < 1.29 is 9.47 Å². The Bertz CT molecular complexity index is 612. The van der Waals surface area contributed by atoms with Crippen LogP contribution in [0.25, 0.3) is 0 Å². The molecule has 0 unspecified atom stereocenters. The van der Waals surface area contributed by atoms with Crippen molar-refractivity contribution in [1.82, 2.24) is 4.98 Å². The molecule has 112 valence electrons. The second-order valence-electron chi connectivity index (χ2n) is 4.90. The first-order valence-electron chi connectivity index (χ1n) is 7.30. The lowest BCUT2D eigenvalue weighted by atomic mass is 10.2. The van der Waals surface area contributed by atoms with Gasteiger partial charge in [0.2, 0.25) is 0 Å². The van der Waals surface area contributed by atoms with Crippen LogP contribution in [-0.4, -0.2) is 11.6 Å². The maximum Gasteiger partial charge on any atom is 0.148 e. The van der Waals surface area contributed by atoms with Crippen LogP contribution in [0.3, 0.4) is 0 Å². The molecule has 2 rings (SSSR count). The minimum Gasteiger partial charge on any atom is -0.491 e. The van der Waals surface area contributed by atoms with Crippen LogP contribution in [0.2, 0.25) is 0 Å². The van der Waals surface area contributed by atoms with Crippen LogP contribution in [-0.2, 0) is 6.42 Å². The summed E-state index contributed by atoms with van der Waals surface area (Å²) in [5, 5.41) is 0. The second-order valence-corrected chi connectivity index (χ2v) is 4.90. The molecule has 0 radical (unpaired) electrons. The van der Waals surface area contributed by atoms with Crippen LogP contribution in [0.15, 0.2) is 30.3 Å². The van der Waals surface area contributed by atoms with Gasteiger partial charge in [0.15, 0.2) is 0 Å². The number of nitrogens with two attached hydrogens (primary N) is 1. The zero-order valence-electron chi connectivity index (χ0n) is 12.8. The SMILES string of the molecule is CCCOc1cc(Oc2ccc(C)nc2CC)ccc1N. The molecule has 2 N–H and O–H groups in total. The molecule has 0 bridgehead atoms. The highest BCUT2D eigenvalue weighted by Gasteiger charge is 2.08. The minimum absolute atomic E-state index is 0.619. The molecule has 0 atom stereocenters. The van der Waals surface area contributed by atoms with E-state index in [2.05, 4.69) is 18.8 Å². The Labute approximate surface area is 125 Å². The summed E-state index contributed by atoms with van der Waals surface area (Å²) in [4.78, 5) is 4.50. The highest BCUT2D eigenvalue weighted by atomic mass is 16.5. The molecule has 21 heavy (non-hydrogen) atoms. The third-order valence-corrected chi connectivity index (χ3v) is 3.08. The molecular weight excluding hydrogens is 264 g/mol. The summed E-state index contributed by atoms with van der Waals surface area (Å²) in [5.74, 6) is 2.14. The quantitative estimate of drug-likeness (QED) is 0.812. The molecule has 0 aliphatic rings. The summed E-state index contributed by atoms with van der Waals surface area (Å²) in [5.41, 5.74) is 8.46. The van der Waals surface area contributed by atoms with E-state index >= 15 is 0 Å². The standard InChI is InChI=1S/C17H22N2O2/c1-4-10-20-17-11-13(7-8-14(17)18)21-16-9-6-12(3)19-15(16)5-2/h6-9,11H,4-5,10,18H2,1-3H3. The van der Waals surface area contributed by atoms with Gasteiger partial charge in [-0.15, -0.1) is 0 Å². The summed E-state index contributed by atoms with van der Waals surface area (Å²) < 4.78 is 11.6. The maximum atomic E-state index is 5.93. The van der Waals surface area contributed by atoms with Gasteiger partial charge >= 0.3 is 0 Å². The first-order valence-corrected chi connectivity index (χ1v) is 7.30. The highest BCUT2D eigenvalue weighted by Crippen LogP contribution is 2.31. The molecule has 1 aromatic heterocycles. The zero-order chi connectivity index (χ0) is 15.2. The van der Waals surface area contributed by atoms with Gasteiger partial charge in [-0.2, -0.15) is 0 Å². The molecule has 0 spiro atoms.